The van der Waals surface area contributed by atoms with Gasteiger partial charge < -0.3 is 14.2 Å². The first-order valence-electron chi connectivity index (χ1n) is 5.05. The Morgan fingerprint density at radius 2 is 2.29 bits per heavy atom. The Bertz CT molecular complexity index is 179. The third-order valence-electron chi connectivity index (χ3n) is 2.38. The summed E-state index contributed by atoms with van der Waals surface area (Å²) in [6.07, 6.45) is 2.69. The van der Waals surface area contributed by atoms with Crippen LogP contribution in [0.15, 0.2) is 0 Å². The van der Waals surface area contributed by atoms with Gasteiger partial charge in [0, 0.05) is 13.7 Å². The van der Waals surface area contributed by atoms with Crippen LogP contribution >= 0.6 is 0 Å². The van der Waals surface area contributed by atoms with E-state index in [2.05, 4.69) is 0 Å². The van der Waals surface area contributed by atoms with Gasteiger partial charge in [-0.3, -0.25) is 0 Å². The van der Waals surface area contributed by atoms with E-state index in [4.69, 9.17) is 14.2 Å². The lowest BCUT2D eigenvalue weighted by molar-refractivity contribution is -0.186. The lowest BCUT2D eigenvalue weighted by Gasteiger charge is -2.34. The molecule has 0 amide bonds. The first kappa shape index (κ1) is 11.5. The quantitative estimate of drug-likeness (QED) is 0.641. The van der Waals surface area contributed by atoms with Crippen LogP contribution in [-0.4, -0.2) is 38.5 Å². The Hall–Kier alpha value is -0.610. The minimum atomic E-state index is -0.844. The molecule has 0 unspecified atom stereocenters. The summed E-state index contributed by atoms with van der Waals surface area (Å²) in [6, 6.07) is 0. The van der Waals surface area contributed by atoms with Crippen molar-refractivity contribution in [2.75, 3.05) is 26.9 Å². The van der Waals surface area contributed by atoms with E-state index in [0.29, 0.717) is 19.6 Å². The Morgan fingerprint density at radius 3 is 2.79 bits per heavy atom. The van der Waals surface area contributed by atoms with E-state index in [1.807, 2.05) is 0 Å². The Labute approximate surface area is 84.5 Å². The Balaban J connectivity index is 2.63. The van der Waals surface area contributed by atoms with Crippen LogP contribution in [0.2, 0.25) is 0 Å². The van der Waals surface area contributed by atoms with Crippen LogP contribution in [0.3, 0.4) is 0 Å². The maximum Gasteiger partial charge on any atom is 0.340 e. The van der Waals surface area contributed by atoms with Crippen molar-refractivity contribution < 1.29 is 19.0 Å². The average Bonchev–Trinajstić information content (AvgIpc) is 2.20. The van der Waals surface area contributed by atoms with Gasteiger partial charge in [-0.1, -0.05) is 0 Å². The SMILES string of the molecule is CCOC(=O)[C@@]1(COC)CCCCO1. The number of esters is 1. The van der Waals surface area contributed by atoms with Gasteiger partial charge in [0.05, 0.1) is 13.2 Å². The van der Waals surface area contributed by atoms with Gasteiger partial charge in [-0.25, -0.2) is 4.79 Å². The number of carbonyl (C=O) groups is 1. The third-order valence-corrected chi connectivity index (χ3v) is 2.38. The molecule has 0 aromatic carbocycles. The number of ether oxygens (including phenoxy) is 3. The van der Waals surface area contributed by atoms with Crippen LogP contribution in [0.4, 0.5) is 0 Å². The molecule has 14 heavy (non-hydrogen) atoms. The van der Waals surface area contributed by atoms with Crippen molar-refractivity contribution in [3.05, 3.63) is 0 Å². The highest BCUT2D eigenvalue weighted by Crippen LogP contribution is 2.26. The lowest BCUT2D eigenvalue weighted by Crippen LogP contribution is -2.49. The highest BCUT2D eigenvalue weighted by Gasteiger charge is 2.42. The molecule has 0 aromatic heterocycles. The molecule has 1 atom stereocenters. The van der Waals surface area contributed by atoms with Crippen molar-refractivity contribution in [1.82, 2.24) is 0 Å². The summed E-state index contributed by atoms with van der Waals surface area (Å²) in [6.45, 7) is 3.07. The van der Waals surface area contributed by atoms with Crippen LogP contribution in [-0.2, 0) is 19.0 Å². The Morgan fingerprint density at radius 1 is 1.50 bits per heavy atom. The standard InChI is InChI=1S/C10H18O4/c1-3-13-9(11)10(8-12-2)6-4-5-7-14-10/h3-8H2,1-2H3/t10-/m0/s1. The largest absolute Gasteiger partial charge is 0.464 e. The van der Waals surface area contributed by atoms with E-state index in [1.165, 1.54) is 0 Å². The molecule has 0 radical (unpaired) electrons. The molecule has 82 valence electrons. The maximum absolute atomic E-state index is 11.7. The first-order chi connectivity index (χ1) is 6.75. The molecule has 0 spiro atoms. The number of hydrogen-bond acceptors (Lipinski definition) is 4. The van der Waals surface area contributed by atoms with Crippen molar-refractivity contribution in [1.29, 1.82) is 0 Å². The van der Waals surface area contributed by atoms with E-state index in [9.17, 15) is 4.79 Å². The van der Waals surface area contributed by atoms with E-state index in [0.717, 1.165) is 12.8 Å². The molecular weight excluding hydrogens is 184 g/mol. The van der Waals surface area contributed by atoms with E-state index in [-0.39, 0.29) is 12.6 Å². The van der Waals surface area contributed by atoms with Crippen molar-refractivity contribution in [2.24, 2.45) is 0 Å². The van der Waals surface area contributed by atoms with Crippen LogP contribution in [0.5, 0.6) is 0 Å². The van der Waals surface area contributed by atoms with E-state index in [1.54, 1.807) is 14.0 Å². The predicted molar refractivity (Wildman–Crippen MR) is 51.0 cm³/mol. The van der Waals surface area contributed by atoms with Gasteiger partial charge in [0.2, 0.25) is 0 Å². The summed E-state index contributed by atoms with van der Waals surface area (Å²) < 4.78 is 15.5. The number of hydrogen-bond donors (Lipinski definition) is 0. The molecular formula is C10H18O4. The van der Waals surface area contributed by atoms with Gasteiger partial charge >= 0.3 is 5.97 Å². The molecule has 1 heterocycles. The molecule has 1 fully saturated rings. The van der Waals surface area contributed by atoms with Crippen LogP contribution in [0.25, 0.3) is 0 Å². The summed E-state index contributed by atoms with van der Waals surface area (Å²) in [4.78, 5) is 11.7. The van der Waals surface area contributed by atoms with Gasteiger partial charge in [0.25, 0.3) is 0 Å². The van der Waals surface area contributed by atoms with Crippen LogP contribution in [0.1, 0.15) is 26.2 Å². The molecule has 1 aliphatic heterocycles. The molecule has 4 nitrogen and oxygen atoms in total. The molecule has 1 rings (SSSR count). The first-order valence-corrected chi connectivity index (χ1v) is 5.05. The monoisotopic (exact) mass is 202 g/mol. The van der Waals surface area contributed by atoms with Gasteiger partial charge in [-0.05, 0) is 26.2 Å². The number of methoxy groups -OCH3 is 1. The molecule has 0 aromatic rings. The van der Waals surface area contributed by atoms with Crippen LogP contribution in [0, 0.1) is 0 Å². The van der Waals surface area contributed by atoms with Gasteiger partial charge in [-0.15, -0.1) is 0 Å². The predicted octanol–water partition coefficient (Wildman–Crippen LogP) is 1.14. The van der Waals surface area contributed by atoms with Crippen molar-refractivity contribution in [2.45, 2.75) is 31.8 Å². The molecule has 0 aliphatic carbocycles. The normalized spacial score (nSPS) is 27.3. The van der Waals surface area contributed by atoms with Crippen molar-refractivity contribution in [3.63, 3.8) is 0 Å². The fourth-order valence-electron chi connectivity index (χ4n) is 1.68. The third kappa shape index (κ3) is 2.45. The second kappa shape index (κ2) is 5.32. The Kier molecular flexibility index (Phi) is 4.35. The summed E-state index contributed by atoms with van der Waals surface area (Å²) in [5.74, 6) is -0.290. The van der Waals surface area contributed by atoms with E-state index < -0.39 is 5.60 Å². The summed E-state index contributed by atoms with van der Waals surface area (Å²) >= 11 is 0. The fourth-order valence-corrected chi connectivity index (χ4v) is 1.68. The van der Waals surface area contributed by atoms with Crippen molar-refractivity contribution >= 4 is 5.97 Å². The minimum Gasteiger partial charge on any atom is -0.464 e. The molecule has 1 aliphatic rings. The van der Waals surface area contributed by atoms with Gasteiger partial charge in [0.15, 0.2) is 5.60 Å². The fraction of sp³-hybridized carbons (Fsp3) is 0.900. The zero-order valence-corrected chi connectivity index (χ0v) is 8.88. The van der Waals surface area contributed by atoms with Gasteiger partial charge in [-0.2, -0.15) is 0 Å². The second-order valence-electron chi connectivity index (χ2n) is 3.45. The second-order valence-corrected chi connectivity index (χ2v) is 3.45. The zero-order valence-electron chi connectivity index (χ0n) is 8.88. The number of carbonyl (C=O) groups excluding carboxylic acids is 1. The summed E-state index contributed by atoms with van der Waals surface area (Å²) in [7, 11) is 1.57. The topological polar surface area (TPSA) is 44.8 Å². The molecule has 0 saturated carbocycles. The van der Waals surface area contributed by atoms with Gasteiger partial charge in [0.1, 0.15) is 0 Å². The average molecular weight is 202 g/mol. The van der Waals surface area contributed by atoms with Crippen LogP contribution < -0.4 is 0 Å². The highest BCUT2D eigenvalue weighted by molar-refractivity contribution is 5.80. The smallest absolute Gasteiger partial charge is 0.340 e. The maximum atomic E-state index is 11.7. The zero-order chi connectivity index (χ0) is 10.4. The number of rotatable bonds is 4. The molecule has 0 N–H and O–H groups in total. The molecule has 4 heteroatoms. The summed E-state index contributed by atoms with van der Waals surface area (Å²) in [5, 5.41) is 0. The molecule has 1 saturated heterocycles. The minimum absolute atomic E-state index is 0.284. The van der Waals surface area contributed by atoms with E-state index >= 15 is 0 Å². The highest BCUT2D eigenvalue weighted by atomic mass is 16.6. The molecule has 0 bridgehead atoms. The van der Waals surface area contributed by atoms with Crippen molar-refractivity contribution in [3.8, 4) is 0 Å². The summed E-state index contributed by atoms with van der Waals surface area (Å²) in [5.41, 5.74) is -0.844. The lowest BCUT2D eigenvalue weighted by atomic mass is 9.95.